The van der Waals surface area contributed by atoms with Gasteiger partial charge in [-0.1, -0.05) is 20.8 Å². The predicted molar refractivity (Wildman–Crippen MR) is 159 cm³/mol. The van der Waals surface area contributed by atoms with Gasteiger partial charge >= 0.3 is 0 Å². The molecular formula is C32H41F3N6O5. The molecule has 46 heavy (non-hydrogen) atoms. The Labute approximate surface area is 266 Å². The minimum atomic E-state index is -2.26. The van der Waals surface area contributed by atoms with Crippen molar-refractivity contribution in [2.45, 2.75) is 96.4 Å². The molecule has 3 heterocycles. The van der Waals surface area contributed by atoms with Crippen molar-refractivity contribution >= 4 is 29.9 Å². The van der Waals surface area contributed by atoms with Gasteiger partial charge in [0.1, 0.15) is 35.7 Å². The molecule has 2 N–H and O–H groups in total. The Balaban J connectivity index is 1.48. The molecule has 0 aromatic carbocycles. The first kappa shape index (κ1) is 33.5. The lowest BCUT2D eigenvalue weighted by atomic mass is 9.77. The Morgan fingerprint density at radius 2 is 1.89 bits per heavy atom. The maximum Gasteiger partial charge on any atom is 0.257 e. The summed E-state index contributed by atoms with van der Waals surface area (Å²) >= 11 is 0. The molecule has 5 rings (SSSR count). The lowest BCUT2D eigenvalue weighted by Crippen LogP contribution is -2.61. The minimum Gasteiger partial charge on any atom is -0.482 e. The van der Waals surface area contributed by atoms with E-state index in [0.29, 0.717) is 19.3 Å². The van der Waals surface area contributed by atoms with E-state index in [1.54, 1.807) is 27.7 Å². The number of hydrogen-bond acceptors (Lipinski definition) is 7. The van der Waals surface area contributed by atoms with E-state index in [4.69, 9.17) is 4.74 Å². The van der Waals surface area contributed by atoms with Crippen molar-refractivity contribution in [2.75, 3.05) is 18.4 Å². The van der Waals surface area contributed by atoms with Gasteiger partial charge in [-0.25, -0.2) is 18.2 Å². The van der Waals surface area contributed by atoms with Gasteiger partial charge < -0.3 is 25.2 Å². The molecule has 9 atom stereocenters. The maximum atomic E-state index is 15.2. The molecule has 1 aromatic heterocycles. The SMILES string of the molecule is CC1(Oc2cc(F)cnc2NC=O)CC(C#N)N(C(=O)C2C3C4CC(CC4F)C3CN2C(=O)C(NC(=O)C(C)(C)F)C(C)(C)C)C1. The second kappa shape index (κ2) is 11.7. The van der Waals surface area contributed by atoms with E-state index < -0.39 is 76.4 Å². The summed E-state index contributed by atoms with van der Waals surface area (Å²) in [7, 11) is 0. The lowest BCUT2D eigenvalue weighted by molar-refractivity contribution is -0.150. The number of nitrogens with zero attached hydrogens (tertiary/aromatic N) is 4. The number of halogens is 3. The molecule has 14 heteroatoms. The fourth-order valence-electron chi connectivity index (χ4n) is 7.94. The molecule has 2 aliphatic carbocycles. The second-order valence-corrected chi connectivity index (χ2v) is 15.0. The number of rotatable bonds is 8. The van der Waals surface area contributed by atoms with Crippen LogP contribution in [0.2, 0.25) is 0 Å². The topological polar surface area (TPSA) is 145 Å². The highest BCUT2D eigenvalue weighted by Crippen LogP contribution is 2.59. The van der Waals surface area contributed by atoms with Crippen LogP contribution in [-0.2, 0) is 19.2 Å². The molecule has 11 nitrogen and oxygen atoms in total. The number of fused-ring (bicyclic) bond motifs is 5. The molecule has 0 radical (unpaired) electrons. The number of alkyl halides is 2. The zero-order chi connectivity index (χ0) is 33.9. The number of aromatic nitrogens is 1. The van der Waals surface area contributed by atoms with Crippen LogP contribution in [0, 0.1) is 46.2 Å². The molecule has 2 saturated carbocycles. The van der Waals surface area contributed by atoms with Gasteiger partial charge in [0, 0.05) is 19.0 Å². The predicted octanol–water partition coefficient (Wildman–Crippen LogP) is 3.15. The highest BCUT2D eigenvalue weighted by molar-refractivity contribution is 5.95. The Hall–Kier alpha value is -3.89. The van der Waals surface area contributed by atoms with Gasteiger partial charge in [0.2, 0.25) is 18.2 Å². The summed E-state index contributed by atoms with van der Waals surface area (Å²) in [6.07, 6.45) is 1.09. The molecule has 1 aromatic rings. The maximum absolute atomic E-state index is 15.2. The molecular weight excluding hydrogens is 605 g/mol. The molecule has 2 aliphatic heterocycles. The Kier molecular flexibility index (Phi) is 8.53. The summed E-state index contributed by atoms with van der Waals surface area (Å²) in [4.78, 5) is 59.3. The van der Waals surface area contributed by atoms with E-state index >= 15 is 4.39 Å². The fourth-order valence-corrected chi connectivity index (χ4v) is 7.94. The van der Waals surface area contributed by atoms with Crippen molar-refractivity contribution in [1.82, 2.24) is 20.1 Å². The van der Waals surface area contributed by atoms with Crippen molar-refractivity contribution in [1.29, 1.82) is 5.26 Å². The number of carbonyl (C=O) groups excluding carboxylic acids is 4. The van der Waals surface area contributed by atoms with Gasteiger partial charge in [-0.15, -0.1) is 0 Å². The molecule has 0 spiro atoms. The van der Waals surface area contributed by atoms with Gasteiger partial charge in [-0.05, 0) is 62.7 Å². The summed E-state index contributed by atoms with van der Waals surface area (Å²) in [5, 5.41) is 15.0. The summed E-state index contributed by atoms with van der Waals surface area (Å²) in [6.45, 7) is 9.03. The average molecular weight is 647 g/mol. The largest absolute Gasteiger partial charge is 0.482 e. The zero-order valence-electron chi connectivity index (χ0n) is 26.9. The number of amides is 4. The van der Waals surface area contributed by atoms with Crippen LogP contribution in [0.15, 0.2) is 12.3 Å². The first-order chi connectivity index (χ1) is 21.4. The number of carbonyl (C=O) groups is 4. The smallest absolute Gasteiger partial charge is 0.257 e. The first-order valence-electron chi connectivity index (χ1n) is 15.6. The van der Waals surface area contributed by atoms with E-state index in [9.17, 15) is 33.2 Å². The third-order valence-electron chi connectivity index (χ3n) is 10.0. The van der Waals surface area contributed by atoms with Crippen molar-refractivity contribution < 1.29 is 37.1 Å². The van der Waals surface area contributed by atoms with Gasteiger partial charge in [0.25, 0.3) is 5.91 Å². The Bertz CT molecular complexity index is 1460. The Morgan fingerprint density at radius 1 is 1.20 bits per heavy atom. The normalized spacial score (nSPS) is 32.5. The van der Waals surface area contributed by atoms with Crippen LogP contribution >= 0.6 is 0 Å². The summed E-state index contributed by atoms with van der Waals surface area (Å²) < 4.78 is 50.0. The molecule has 2 saturated heterocycles. The number of nitriles is 1. The summed E-state index contributed by atoms with van der Waals surface area (Å²) in [5.41, 5.74) is -4.35. The standard InChI is InChI=1S/C32H41F3N6O5/c1-30(2,3)25(39-29(45)31(4,5)35)28(44)40-13-20-16-7-19(21(34)8-16)23(20)24(40)27(43)41-14-32(6,10-18(41)11-36)46-22-9-17(33)12-37-26(22)38-15-42/h9,12,15-16,18-21,23-25H,7-8,10,13-14H2,1-6H3,(H,39,45)(H,37,38,42). The van der Waals surface area contributed by atoms with Crippen LogP contribution in [-0.4, -0.2) is 87.6 Å². The van der Waals surface area contributed by atoms with Crippen molar-refractivity contribution in [3.63, 3.8) is 0 Å². The van der Waals surface area contributed by atoms with Gasteiger partial charge in [-0.2, -0.15) is 5.26 Å². The molecule has 4 fully saturated rings. The van der Waals surface area contributed by atoms with Crippen molar-refractivity contribution in [3.05, 3.63) is 18.1 Å². The fraction of sp³-hybridized carbons (Fsp3) is 0.688. The van der Waals surface area contributed by atoms with Gasteiger partial charge in [-0.3, -0.25) is 19.2 Å². The lowest BCUT2D eigenvalue weighted by Gasteiger charge is -2.39. The zero-order valence-corrected chi connectivity index (χ0v) is 26.9. The number of hydrogen-bond donors (Lipinski definition) is 2. The number of nitrogens with one attached hydrogen (secondary N) is 2. The number of likely N-dealkylation sites (tertiary alicyclic amines) is 2. The molecule has 2 bridgehead atoms. The summed E-state index contributed by atoms with van der Waals surface area (Å²) in [6, 6.07) is -0.134. The average Bonchev–Trinajstić information content (AvgIpc) is 3.70. The van der Waals surface area contributed by atoms with Crippen molar-refractivity contribution in [2.24, 2.45) is 29.1 Å². The van der Waals surface area contributed by atoms with Crippen LogP contribution in [0.1, 0.15) is 60.8 Å². The van der Waals surface area contributed by atoms with E-state index in [1.165, 1.54) is 9.80 Å². The highest BCUT2D eigenvalue weighted by atomic mass is 19.1. The summed E-state index contributed by atoms with van der Waals surface area (Å²) in [5.74, 6) is -4.07. The number of anilines is 1. The molecule has 9 unspecified atom stereocenters. The molecule has 4 amide bonds. The second-order valence-electron chi connectivity index (χ2n) is 15.0. The van der Waals surface area contributed by atoms with Crippen LogP contribution in [0.4, 0.5) is 19.0 Å². The van der Waals surface area contributed by atoms with E-state index in [-0.39, 0.29) is 42.9 Å². The van der Waals surface area contributed by atoms with Gasteiger partial charge in [0.05, 0.1) is 18.8 Å². The minimum absolute atomic E-state index is 0.0189. The number of ether oxygens (including phenoxy) is 1. The van der Waals surface area contributed by atoms with E-state index in [0.717, 1.165) is 26.1 Å². The molecule has 4 aliphatic rings. The third-order valence-corrected chi connectivity index (χ3v) is 10.0. The van der Waals surface area contributed by atoms with E-state index in [2.05, 4.69) is 21.7 Å². The quantitative estimate of drug-likeness (QED) is 0.413. The first-order valence-corrected chi connectivity index (χ1v) is 15.6. The number of pyridine rings is 1. The van der Waals surface area contributed by atoms with Crippen molar-refractivity contribution in [3.8, 4) is 11.8 Å². The van der Waals surface area contributed by atoms with Crippen LogP contribution in [0.3, 0.4) is 0 Å². The van der Waals surface area contributed by atoms with Gasteiger partial charge in [0.15, 0.2) is 17.2 Å². The third kappa shape index (κ3) is 6.00. The Morgan fingerprint density at radius 3 is 2.50 bits per heavy atom. The van der Waals surface area contributed by atoms with E-state index in [1.807, 2.05) is 0 Å². The van der Waals surface area contributed by atoms with Crippen LogP contribution in [0.5, 0.6) is 5.75 Å². The van der Waals surface area contributed by atoms with Crippen LogP contribution < -0.4 is 15.4 Å². The molecule has 250 valence electrons. The highest BCUT2D eigenvalue weighted by Gasteiger charge is 2.64. The monoisotopic (exact) mass is 646 g/mol. The van der Waals surface area contributed by atoms with Crippen LogP contribution in [0.25, 0.3) is 0 Å².